The molecule has 41 heavy (non-hydrogen) atoms. The number of carbonyl (C=O) groups is 2. The van der Waals surface area contributed by atoms with E-state index in [0.29, 0.717) is 40.5 Å². The Kier molecular flexibility index (Phi) is 7.23. The molecule has 4 aromatic heterocycles. The molecule has 4 aromatic rings. The zero-order valence-corrected chi connectivity index (χ0v) is 23.4. The lowest BCUT2D eigenvalue weighted by atomic mass is 10.2. The molecule has 3 aliphatic rings. The van der Waals surface area contributed by atoms with E-state index in [4.69, 9.17) is 11.6 Å². The molecule has 0 saturated heterocycles. The van der Waals surface area contributed by atoms with Gasteiger partial charge in [-0.3, -0.25) is 9.59 Å². The third kappa shape index (κ3) is 5.69. The van der Waals surface area contributed by atoms with Crippen molar-refractivity contribution in [2.24, 2.45) is 0 Å². The van der Waals surface area contributed by atoms with Crippen molar-refractivity contribution in [1.29, 1.82) is 0 Å². The predicted molar refractivity (Wildman–Crippen MR) is 159 cm³/mol. The Hall–Kier alpha value is -4.57. The van der Waals surface area contributed by atoms with Crippen LogP contribution in [-0.4, -0.2) is 43.8 Å². The molecule has 2 fully saturated rings. The predicted octanol–water partition coefficient (Wildman–Crippen LogP) is 5.92. The number of hydrogen-bond donors (Lipinski definition) is 3. The normalized spacial score (nSPS) is 15.4. The van der Waals surface area contributed by atoms with Gasteiger partial charge in [0.05, 0.1) is 22.5 Å². The summed E-state index contributed by atoms with van der Waals surface area (Å²) in [5.74, 6) is 1.76. The Morgan fingerprint density at radius 3 is 2.37 bits per heavy atom. The molecule has 5 heterocycles. The average Bonchev–Trinajstić information content (AvgIpc) is 3.89. The van der Waals surface area contributed by atoms with Crippen molar-refractivity contribution in [3.63, 3.8) is 0 Å². The summed E-state index contributed by atoms with van der Waals surface area (Å²) in [5, 5.41) is 9.33. The minimum Gasteiger partial charge on any atom is -0.367 e. The molecule has 10 nitrogen and oxygen atoms in total. The monoisotopic (exact) mass is 568 g/mol. The smallest absolute Gasteiger partial charge is 0.259 e. The first-order chi connectivity index (χ1) is 19.9. The van der Waals surface area contributed by atoms with Gasteiger partial charge in [0.15, 0.2) is 11.0 Å². The lowest BCUT2D eigenvalue weighted by molar-refractivity contribution is 0.101. The molecule has 2 amide bonds. The summed E-state index contributed by atoms with van der Waals surface area (Å²) >= 11 is 6.04. The summed E-state index contributed by atoms with van der Waals surface area (Å²) < 4.78 is 0. The number of pyridine rings is 4. The fourth-order valence-electron chi connectivity index (χ4n) is 4.59. The molecule has 1 aliphatic heterocycles. The third-order valence-corrected chi connectivity index (χ3v) is 7.39. The Labute approximate surface area is 242 Å². The highest BCUT2D eigenvalue weighted by atomic mass is 35.5. The van der Waals surface area contributed by atoms with Gasteiger partial charge in [-0.05, 0) is 87.1 Å². The van der Waals surface area contributed by atoms with Gasteiger partial charge in [0.2, 0.25) is 0 Å². The van der Waals surface area contributed by atoms with Crippen LogP contribution in [-0.2, 0) is 0 Å². The second-order valence-corrected chi connectivity index (χ2v) is 10.7. The number of rotatable bonds is 5. The number of nitrogens with zero attached hydrogens (tertiary/aromatic N) is 5. The van der Waals surface area contributed by atoms with Crippen LogP contribution in [0.1, 0.15) is 57.5 Å². The van der Waals surface area contributed by atoms with Gasteiger partial charge >= 0.3 is 0 Å². The Morgan fingerprint density at radius 1 is 0.902 bits per heavy atom. The minimum atomic E-state index is -0.246. The van der Waals surface area contributed by atoms with Crippen LogP contribution in [0.15, 0.2) is 61.2 Å². The topological polar surface area (TPSA) is 125 Å². The third-order valence-electron chi connectivity index (χ3n) is 7.10. The van der Waals surface area contributed by atoms with Crippen molar-refractivity contribution in [3.8, 4) is 0 Å². The van der Waals surface area contributed by atoms with E-state index in [1.54, 1.807) is 49.1 Å². The van der Waals surface area contributed by atoms with Gasteiger partial charge in [0.25, 0.3) is 11.8 Å². The lowest BCUT2D eigenvalue weighted by Gasteiger charge is -2.23. The first-order valence-electron chi connectivity index (χ1n) is 13.6. The van der Waals surface area contributed by atoms with E-state index in [2.05, 4.69) is 40.8 Å². The number of nitrogens with one attached hydrogen (secondary N) is 3. The van der Waals surface area contributed by atoms with E-state index in [1.807, 2.05) is 26.0 Å². The number of carbonyl (C=O) groups excluding carboxylic acids is 2. The first kappa shape index (κ1) is 26.6. The SMILES string of the molecule is Cc1ccnc(Cl)c1NC(=O)c1cccnc1NC1CC1.Cc1ccnc2c1NC(=O)c1cccnc1N2C1CC1. The zero-order valence-electron chi connectivity index (χ0n) is 22.7. The largest absolute Gasteiger partial charge is 0.367 e. The molecular formula is C30H29ClN8O2. The van der Waals surface area contributed by atoms with Gasteiger partial charge in [0, 0.05) is 36.9 Å². The fraction of sp³-hybridized carbons (Fsp3) is 0.267. The fourth-order valence-corrected chi connectivity index (χ4v) is 4.84. The maximum atomic E-state index is 12.5. The number of halogens is 1. The molecule has 2 saturated carbocycles. The molecule has 3 N–H and O–H groups in total. The van der Waals surface area contributed by atoms with Crippen LogP contribution in [0.25, 0.3) is 0 Å². The highest BCUT2D eigenvalue weighted by Crippen LogP contribution is 2.43. The van der Waals surface area contributed by atoms with E-state index < -0.39 is 0 Å². The standard InChI is InChI=1S/C15H15ClN4O.C15H14N4O/c1-9-6-8-17-13(16)12(9)20-15(21)11-3-2-7-18-14(11)19-10-4-5-10;1-9-6-8-17-14-12(9)18-15(20)11-3-2-7-16-13(11)19(14)10-4-5-10/h2-3,6-8,10H,4-5H2,1H3,(H,18,19)(H,20,21);2-3,6-8,10H,4-5H2,1H3,(H,18,20). The van der Waals surface area contributed by atoms with Crippen LogP contribution < -0.4 is 20.9 Å². The lowest BCUT2D eigenvalue weighted by Crippen LogP contribution is -2.22. The molecule has 208 valence electrons. The highest BCUT2D eigenvalue weighted by molar-refractivity contribution is 6.33. The van der Waals surface area contributed by atoms with Gasteiger partial charge in [-0.2, -0.15) is 0 Å². The number of aromatic nitrogens is 4. The van der Waals surface area contributed by atoms with E-state index >= 15 is 0 Å². The quantitative estimate of drug-likeness (QED) is 0.253. The molecule has 0 aromatic carbocycles. The van der Waals surface area contributed by atoms with Gasteiger partial charge < -0.3 is 20.9 Å². The Balaban J connectivity index is 0.000000148. The van der Waals surface area contributed by atoms with E-state index in [1.165, 1.54) is 0 Å². The van der Waals surface area contributed by atoms with Crippen molar-refractivity contribution in [2.75, 3.05) is 20.9 Å². The summed E-state index contributed by atoms with van der Waals surface area (Å²) in [4.78, 5) is 44.1. The Morgan fingerprint density at radius 2 is 1.61 bits per heavy atom. The summed E-state index contributed by atoms with van der Waals surface area (Å²) in [5.41, 5.74) is 4.32. The van der Waals surface area contributed by atoms with Gasteiger partial charge in [-0.15, -0.1) is 0 Å². The maximum Gasteiger partial charge on any atom is 0.259 e. The molecule has 0 unspecified atom stereocenters. The van der Waals surface area contributed by atoms with Crippen molar-refractivity contribution in [3.05, 3.63) is 88.6 Å². The van der Waals surface area contributed by atoms with Crippen LogP contribution in [0.5, 0.6) is 0 Å². The molecule has 7 rings (SSSR count). The minimum absolute atomic E-state index is 0.117. The van der Waals surface area contributed by atoms with Gasteiger partial charge in [-0.1, -0.05) is 11.6 Å². The molecule has 11 heteroatoms. The number of anilines is 5. The van der Waals surface area contributed by atoms with Crippen molar-refractivity contribution in [1.82, 2.24) is 19.9 Å². The average molecular weight is 569 g/mol. The van der Waals surface area contributed by atoms with Crippen LogP contribution in [0.4, 0.5) is 28.8 Å². The van der Waals surface area contributed by atoms with E-state index in [0.717, 1.165) is 48.3 Å². The number of fused-ring (bicyclic) bond motifs is 2. The highest BCUT2D eigenvalue weighted by Gasteiger charge is 2.38. The van der Waals surface area contributed by atoms with Crippen LogP contribution in [0, 0.1) is 13.8 Å². The first-order valence-corrected chi connectivity index (χ1v) is 13.9. The second-order valence-electron chi connectivity index (χ2n) is 10.3. The number of amides is 2. The second kappa shape index (κ2) is 11.1. The summed E-state index contributed by atoms with van der Waals surface area (Å²) in [7, 11) is 0. The maximum absolute atomic E-state index is 12.5. The van der Waals surface area contributed by atoms with Gasteiger partial charge in [-0.25, -0.2) is 19.9 Å². The Bertz CT molecular complexity index is 1620. The summed E-state index contributed by atoms with van der Waals surface area (Å²) in [6.45, 7) is 3.85. The molecule has 0 bridgehead atoms. The van der Waals surface area contributed by atoms with E-state index in [9.17, 15) is 9.59 Å². The number of hydrogen-bond acceptors (Lipinski definition) is 8. The molecule has 0 spiro atoms. The summed E-state index contributed by atoms with van der Waals surface area (Å²) in [6.07, 6.45) is 11.2. The van der Waals surface area contributed by atoms with Crippen molar-refractivity contribution >= 4 is 52.2 Å². The molecule has 2 aliphatic carbocycles. The zero-order chi connectivity index (χ0) is 28.5. The van der Waals surface area contributed by atoms with E-state index in [-0.39, 0.29) is 17.0 Å². The van der Waals surface area contributed by atoms with Crippen LogP contribution >= 0.6 is 11.6 Å². The van der Waals surface area contributed by atoms with Crippen molar-refractivity contribution in [2.45, 2.75) is 51.6 Å². The molecule has 0 radical (unpaired) electrons. The molecule has 0 atom stereocenters. The molecular weight excluding hydrogens is 540 g/mol. The van der Waals surface area contributed by atoms with Crippen LogP contribution in [0.2, 0.25) is 5.15 Å². The number of aryl methyl sites for hydroxylation is 2. The van der Waals surface area contributed by atoms with Crippen LogP contribution in [0.3, 0.4) is 0 Å². The summed E-state index contributed by atoms with van der Waals surface area (Å²) in [6, 6.07) is 11.6. The van der Waals surface area contributed by atoms with Gasteiger partial charge in [0.1, 0.15) is 11.6 Å². The van der Waals surface area contributed by atoms with Crippen molar-refractivity contribution < 1.29 is 9.59 Å².